The number of ketones is 1. The first-order valence-electron chi connectivity index (χ1n) is 6.17. The summed E-state index contributed by atoms with van der Waals surface area (Å²) in [4.78, 5) is 12.5. The van der Waals surface area contributed by atoms with E-state index in [0.717, 1.165) is 4.31 Å². The highest BCUT2D eigenvalue weighted by atomic mass is 32.2. The molecule has 0 radical (unpaired) electrons. The van der Waals surface area contributed by atoms with E-state index >= 15 is 0 Å². The maximum absolute atomic E-state index is 12.6. The SMILES string of the molecule is CCn1cc2c(n1)S(=O)(=O)N(C)c1ccccc1C2=O. The first kappa shape index (κ1) is 12.9. The Morgan fingerprint density at radius 1 is 1.20 bits per heavy atom. The third kappa shape index (κ3) is 1.59. The van der Waals surface area contributed by atoms with Gasteiger partial charge in [0, 0.05) is 25.4 Å². The van der Waals surface area contributed by atoms with Crippen molar-refractivity contribution in [3.05, 3.63) is 41.6 Å². The van der Waals surface area contributed by atoms with Crippen molar-refractivity contribution in [2.75, 3.05) is 11.4 Å². The van der Waals surface area contributed by atoms with Gasteiger partial charge in [0.15, 0.2) is 5.78 Å². The number of sulfonamides is 1. The smallest absolute Gasteiger partial charge is 0.284 e. The van der Waals surface area contributed by atoms with Gasteiger partial charge in [0.05, 0.1) is 11.3 Å². The second-order valence-corrected chi connectivity index (χ2v) is 6.41. The molecule has 7 heteroatoms. The van der Waals surface area contributed by atoms with E-state index in [1.54, 1.807) is 24.3 Å². The van der Waals surface area contributed by atoms with Crippen molar-refractivity contribution in [3.8, 4) is 0 Å². The first-order valence-corrected chi connectivity index (χ1v) is 7.61. The third-order valence-electron chi connectivity index (χ3n) is 3.39. The second kappa shape index (κ2) is 4.17. The average Bonchev–Trinajstić information content (AvgIpc) is 2.88. The number of hydrogen-bond donors (Lipinski definition) is 0. The van der Waals surface area contributed by atoms with Gasteiger partial charge in [-0.2, -0.15) is 13.5 Å². The Balaban J connectivity index is 2.39. The zero-order valence-electron chi connectivity index (χ0n) is 11.1. The van der Waals surface area contributed by atoms with Crippen LogP contribution in [0.5, 0.6) is 0 Å². The molecule has 0 N–H and O–H groups in total. The molecule has 6 nitrogen and oxygen atoms in total. The minimum Gasteiger partial charge on any atom is -0.288 e. The zero-order chi connectivity index (χ0) is 14.5. The Labute approximate surface area is 116 Å². The molecule has 0 bridgehead atoms. The third-order valence-corrected chi connectivity index (χ3v) is 5.10. The van der Waals surface area contributed by atoms with E-state index in [-0.39, 0.29) is 16.4 Å². The maximum Gasteiger partial charge on any atom is 0.284 e. The lowest BCUT2D eigenvalue weighted by Crippen LogP contribution is -2.27. The van der Waals surface area contributed by atoms with Crippen molar-refractivity contribution in [2.24, 2.45) is 0 Å². The van der Waals surface area contributed by atoms with Crippen molar-refractivity contribution in [2.45, 2.75) is 18.5 Å². The second-order valence-electron chi connectivity index (χ2n) is 4.52. The zero-order valence-corrected chi connectivity index (χ0v) is 11.9. The molecule has 0 aliphatic carbocycles. The van der Waals surface area contributed by atoms with Crippen molar-refractivity contribution in [1.29, 1.82) is 0 Å². The molecule has 20 heavy (non-hydrogen) atoms. The van der Waals surface area contributed by atoms with Crippen LogP contribution in [0.3, 0.4) is 0 Å². The Morgan fingerprint density at radius 2 is 1.90 bits per heavy atom. The fraction of sp³-hybridized carbons (Fsp3) is 0.231. The summed E-state index contributed by atoms with van der Waals surface area (Å²) in [5.74, 6) is -0.316. The van der Waals surface area contributed by atoms with Crippen LogP contribution in [-0.2, 0) is 16.6 Å². The summed E-state index contributed by atoms with van der Waals surface area (Å²) in [6.45, 7) is 2.34. The number of nitrogens with zero attached hydrogens (tertiary/aromatic N) is 3. The molecule has 0 spiro atoms. The molecular weight excluding hydrogens is 278 g/mol. The molecule has 1 aromatic heterocycles. The van der Waals surface area contributed by atoms with Crippen LogP contribution in [-0.4, -0.2) is 31.0 Å². The van der Waals surface area contributed by atoms with Crippen LogP contribution >= 0.6 is 0 Å². The lowest BCUT2D eigenvalue weighted by atomic mass is 10.0. The molecule has 1 aromatic carbocycles. The van der Waals surface area contributed by atoms with Gasteiger partial charge in [-0.3, -0.25) is 13.8 Å². The van der Waals surface area contributed by atoms with Crippen LogP contribution in [0.25, 0.3) is 0 Å². The van der Waals surface area contributed by atoms with Gasteiger partial charge < -0.3 is 0 Å². The van der Waals surface area contributed by atoms with Gasteiger partial charge in [-0.15, -0.1) is 0 Å². The molecule has 104 valence electrons. The van der Waals surface area contributed by atoms with Crippen molar-refractivity contribution >= 4 is 21.5 Å². The Morgan fingerprint density at radius 3 is 2.60 bits per heavy atom. The molecule has 2 aromatic rings. The van der Waals surface area contributed by atoms with Gasteiger partial charge in [0.1, 0.15) is 0 Å². The molecule has 3 rings (SSSR count). The van der Waals surface area contributed by atoms with Crippen LogP contribution in [0, 0.1) is 0 Å². The van der Waals surface area contributed by atoms with Gasteiger partial charge in [0.25, 0.3) is 10.0 Å². The number of aryl methyl sites for hydroxylation is 1. The fourth-order valence-corrected chi connectivity index (χ4v) is 3.57. The highest BCUT2D eigenvalue weighted by molar-refractivity contribution is 7.92. The monoisotopic (exact) mass is 291 g/mol. The van der Waals surface area contributed by atoms with Gasteiger partial charge in [0.2, 0.25) is 5.03 Å². The number of fused-ring (bicyclic) bond motifs is 2. The molecule has 0 unspecified atom stereocenters. The number of anilines is 1. The number of aromatic nitrogens is 2. The van der Waals surface area contributed by atoms with Gasteiger partial charge >= 0.3 is 0 Å². The highest BCUT2D eigenvalue weighted by Gasteiger charge is 2.36. The normalized spacial score (nSPS) is 16.5. The lowest BCUT2D eigenvalue weighted by molar-refractivity contribution is 0.103. The van der Waals surface area contributed by atoms with Gasteiger partial charge in [-0.25, -0.2) is 0 Å². The quantitative estimate of drug-likeness (QED) is 0.793. The van der Waals surface area contributed by atoms with Crippen LogP contribution in [0.1, 0.15) is 22.8 Å². The summed E-state index contributed by atoms with van der Waals surface area (Å²) < 4.78 is 27.7. The molecule has 0 saturated heterocycles. The first-order chi connectivity index (χ1) is 9.46. The fourth-order valence-electron chi connectivity index (χ4n) is 2.26. The van der Waals surface area contributed by atoms with Crippen LogP contribution in [0.2, 0.25) is 0 Å². The summed E-state index contributed by atoms with van der Waals surface area (Å²) in [6.07, 6.45) is 1.49. The maximum atomic E-state index is 12.6. The van der Waals surface area contributed by atoms with Crippen molar-refractivity contribution < 1.29 is 13.2 Å². The van der Waals surface area contributed by atoms with E-state index < -0.39 is 10.0 Å². The number of rotatable bonds is 1. The molecule has 1 aliphatic heterocycles. The summed E-state index contributed by atoms with van der Waals surface area (Å²) in [5, 5.41) is 3.85. The summed E-state index contributed by atoms with van der Waals surface area (Å²) in [6, 6.07) is 6.66. The van der Waals surface area contributed by atoms with E-state index in [1.165, 1.54) is 17.9 Å². The number of para-hydroxylation sites is 1. The van der Waals surface area contributed by atoms with Gasteiger partial charge in [-0.05, 0) is 19.1 Å². The molecule has 2 heterocycles. The van der Waals surface area contributed by atoms with E-state index in [4.69, 9.17) is 0 Å². The lowest BCUT2D eigenvalue weighted by Gasteiger charge is -2.17. The predicted octanol–water partition coefficient (Wildman–Crippen LogP) is 1.27. The number of hydrogen-bond acceptors (Lipinski definition) is 4. The average molecular weight is 291 g/mol. The number of benzene rings is 1. The van der Waals surface area contributed by atoms with E-state index in [9.17, 15) is 13.2 Å². The Hall–Kier alpha value is -2.15. The van der Waals surface area contributed by atoms with Crippen LogP contribution in [0.15, 0.2) is 35.5 Å². The van der Waals surface area contributed by atoms with E-state index in [0.29, 0.717) is 17.8 Å². The van der Waals surface area contributed by atoms with E-state index in [1.807, 2.05) is 6.92 Å². The highest BCUT2D eigenvalue weighted by Crippen LogP contribution is 2.33. The predicted molar refractivity (Wildman–Crippen MR) is 73.4 cm³/mol. The Kier molecular flexibility index (Phi) is 2.68. The van der Waals surface area contributed by atoms with Gasteiger partial charge in [-0.1, -0.05) is 12.1 Å². The van der Waals surface area contributed by atoms with Crippen LogP contribution < -0.4 is 4.31 Å². The molecule has 0 atom stereocenters. The van der Waals surface area contributed by atoms with E-state index in [2.05, 4.69) is 5.10 Å². The van der Waals surface area contributed by atoms with Crippen molar-refractivity contribution in [1.82, 2.24) is 9.78 Å². The summed E-state index contributed by atoms with van der Waals surface area (Å²) >= 11 is 0. The Bertz CT molecular complexity index is 808. The molecule has 0 amide bonds. The standard InChI is InChI=1S/C13H13N3O3S/c1-3-16-8-10-12(17)9-6-4-5-7-11(9)15(2)20(18,19)13(10)14-16/h4-8H,3H2,1-2H3. The topological polar surface area (TPSA) is 72.3 Å². The number of carbonyl (C=O) groups excluding carboxylic acids is 1. The molecule has 0 saturated carbocycles. The van der Waals surface area contributed by atoms with Crippen molar-refractivity contribution in [3.63, 3.8) is 0 Å². The summed E-state index contributed by atoms with van der Waals surface area (Å²) in [7, 11) is -2.38. The minimum absolute atomic E-state index is 0.128. The number of carbonyl (C=O) groups is 1. The minimum atomic E-state index is -3.81. The largest absolute Gasteiger partial charge is 0.288 e. The summed E-state index contributed by atoms with van der Waals surface area (Å²) in [5.41, 5.74) is 0.871. The van der Waals surface area contributed by atoms with Crippen LogP contribution in [0.4, 0.5) is 5.69 Å². The molecular formula is C13H13N3O3S. The molecule has 0 fully saturated rings. The molecule has 1 aliphatic rings.